The topological polar surface area (TPSA) is 77.8 Å². The highest BCUT2D eigenvalue weighted by atomic mass is 16.4. The van der Waals surface area contributed by atoms with E-state index < -0.39 is 5.97 Å². The van der Waals surface area contributed by atoms with E-state index in [1.807, 2.05) is 0 Å². The van der Waals surface area contributed by atoms with Gasteiger partial charge in [0.25, 0.3) is 0 Å². The van der Waals surface area contributed by atoms with Crippen LogP contribution in [0.5, 0.6) is 0 Å². The number of hydrogen-bond donors (Lipinski definition) is 2. The van der Waals surface area contributed by atoms with E-state index in [1.54, 1.807) is 4.90 Å². The second-order valence-electron chi connectivity index (χ2n) is 5.28. The summed E-state index contributed by atoms with van der Waals surface area (Å²) >= 11 is 0. The Hall–Kier alpha value is -1.10. The summed E-state index contributed by atoms with van der Waals surface area (Å²) in [4.78, 5) is 24.0. The number of carbonyl (C=O) groups is 2. The largest absolute Gasteiger partial charge is 0.481 e. The lowest BCUT2D eigenvalue weighted by molar-refractivity contribution is -0.140. The molecule has 0 aromatic carbocycles. The molecule has 1 saturated heterocycles. The van der Waals surface area contributed by atoms with Crippen LogP contribution in [0.3, 0.4) is 0 Å². The number of rotatable bonds is 4. The van der Waals surface area contributed by atoms with Crippen LogP contribution >= 0.6 is 0 Å². The maximum atomic E-state index is 11.8. The van der Waals surface area contributed by atoms with Gasteiger partial charge in [0, 0.05) is 24.9 Å². The van der Waals surface area contributed by atoms with Crippen molar-refractivity contribution in [3.63, 3.8) is 0 Å². The van der Waals surface area contributed by atoms with Crippen LogP contribution in [0, 0.1) is 11.3 Å². The maximum Gasteiger partial charge on any atom is 0.303 e. The van der Waals surface area contributed by atoms with Gasteiger partial charge in [0.2, 0.25) is 5.91 Å². The van der Waals surface area contributed by atoms with Gasteiger partial charge in [0.05, 0.1) is 13.0 Å². The van der Waals surface area contributed by atoms with Crippen LogP contribution in [0.25, 0.3) is 0 Å². The fourth-order valence-corrected chi connectivity index (χ4v) is 3.23. The predicted molar refractivity (Wildman–Crippen MR) is 60.3 cm³/mol. The first-order valence-electron chi connectivity index (χ1n) is 6.18. The molecule has 2 atom stereocenters. The molecule has 2 rings (SSSR count). The minimum atomic E-state index is -0.936. The van der Waals surface area contributed by atoms with Crippen molar-refractivity contribution in [1.82, 2.24) is 4.90 Å². The summed E-state index contributed by atoms with van der Waals surface area (Å²) < 4.78 is 0. The third-order valence-electron chi connectivity index (χ3n) is 4.26. The Morgan fingerprint density at radius 3 is 2.71 bits per heavy atom. The van der Waals surface area contributed by atoms with Crippen LogP contribution in [-0.4, -0.2) is 46.7 Å². The lowest BCUT2D eigenvalue weighted by Crippen LogP contribution is -2.34. The van der Waals surface area contributed by atoms with Gasteiger partial charge >= 0.3 is 5.97 Å². The number of carbonyl (C=O) groups excluding carboxylic acids is 1. The standard InChI is InChI=1S/C12H19NO4/c14-8-12-5-1-2-9(12)6-13(7-12)10(15)3-4-11(16)17/h9,14H,1-8H2,(H,16,17)/t9-,12-/m1/s1. The van der Waals surface area contributed by atoms with Gasteiger partial charge in [0.1, 0.15) is 0 Å². The number of carboxylic acids is 1. The number of aliphatic hydroxyl groups excluding tert-OH is 1. The van der Waals surface area contributed by atoms with Crippen molar-refractivity contribution >= 4 is 11.9 Å². The van der Waals surface area contributed by atoms with Crippen LogP contribution in [0.15, 0.2) is 0 Å². The van der Waals surface area contributed by atoms with Crippen molar-refractivity contribution < 1.29 is 19.8 Å². The summed E-state index contributed by atoms with van der Waals surface area (Å²) in [5.74, 6) is -0.620. The number of nitrogens with zero attached hydrogens (tertiary/aromatic N) is 1. The van der Waals surface area contributed by atoms with Crippen molar-refractivity contribution in [2.45, 2.75) is 32.1 Å². The van der Waals surface area contributed by atoms with E-state index in [1.165, 1.54) is 0 Å². The average Bonchev–Trinajstić information content (AvgIpc) is 2.82. The van der Waals surface area contributed by atoms with E-state index in [0.29, 0.717) is 19.0 Å². The van der Waals surface area contributed by atoms with Crippen molar-refractivity contribution in [2.75, 3.05) is 19.7 Å². The average molecular weight is 241 g/mol. The summed E-state index contributed by atoms with van der Waals surface area (Å²) in [6, 6.07) is 0. The molecule has 2 fully saturated rings. The van der Waals surface area contributed by atoms with Gasteiger partial charge < -0.3 is 15.1 Å². The highest BCUT2D eigenvalue weighted by molar-refractivity contribution is 5.81. The molecule has 5 heteroatoms. The second kappa shape index (κ2) is 4.64. The molecular weight excluding hydrogens is 222 g/mol. The summed E-state index contributed by atoms with van der Waals surface area (Å²) in [6.45, 7) is 1.44. The molecule has 1 heterocycles. The molecule has 0 aromatic heterocycles. The van der Waals surface area contributed by atoms with E-state index in [-0.39, 0.29) is 30.8 Å². The van der Waals surface area contributed by atoms with E-state index in [4.69, 9.17) is 5.11 Å². The SMILES string of the molecule is O=C(O)CCC(=O)N1C[C@H]2CCC[C@]2(CO)C1. The van der Waals surface area contributed by atoms with Gasteiger partial charge in [-0.3, -0.25) is 9.59 Å². The Kier molecular flexibility index (Phi) is 3.38. The monoisotopic (exact) mass is 241 g/mol. The fraction of sp³-hybridized carbons (Fsp3) is 0.833. The number of aliphatic carboxylic acids is 1. The Labute approximate surface area is 100 Å². The first kappa shape index (κ1) is 12.4. The number of carboxylic acid groups (broad SMARTS) is 1. The van der Waals surface area contributed by atoms with Gasteiger partial charge in [-0.15, -0.1) is 0 Å². The van der Waals surface area contributed by atoms with Gasteiger partial charge in [-0.1, -0.05) is 6.42 Å². The van der Waals surface area contributed by atoms with Gasteiger partial charge in [0.15, 0.2) is 0 Å². The summed E-state index contributed by atoms with van der Waals surface area (Å²) in [7, 11) is 0. The van der Waals surface area contributed by atoms with E-state index >= 15 is 0 Å². The molecule has 5 nitrogen and oxygen atoms in total. The molecule has 1 aliphatic carbocycles. The molecule has 0 radical (unpaired) electrons. The molecule has 2 N–H and O–H groups in total. The number of aliphatic hydroxyl groups is 1. The highest BCUT2D eigenvalue weighted by Crippen LogP contribution is 2.48. The van der Waals surface area contributed by atoms with Crippen LogP contribution in [0.1, 0.15) is 32.1 Å². The molecule has 1 saturated carbocycles. The van der Waals surface area contributed by atoms with Crippen LogP contribution in [0.4, 0.5) is 0 Å². The third-order valence-corrected chi connectivity index (χ3v) is 4.26. The van der Waals surface area contributed by atoms with Crippen LogP contribution in [0.2, 0.25) is 0 Å². The molecule has 1 aliphatic heterocycles. The minimum absolute atomic E-state index is 0.0730. The lowest BCUT2D eigenvalue weighted by atomic mass is 9.82. The van der Waals surface area contributed by atoms with Crippen LogP contribution in [-0.2, 0) is 9.59 Å². The molecule has 17 heavy (non-hydrogen) atoms. The molecule has 0 spiro atoms. The molecule has 1 amide bonds. The number of likely N-dealkylation sites (tertiary alicyclic amines) is 1. The van der Waals surface area contributed by atoms with Gasteiger partial charge in [-0.05, 0) is 18.8 Å². The zero-order valence-corrected chi connectivity index (χ0v) is 9.89. The summed E-state index contributed by atoms with van der Waals surface area (Å²) in [5.41, 5.74) is -0.0983. The highest BCUT2D eigenvalue weighted by Gasteiger charge is 2.49. The van der Waals surface area contributed by atoms with Crippen LogP contribution < -0.4 is 0 Å². The molecule has 2 aliphatic rings. The second-order valence-corrected chi connectivity index (χ2v) is 5.28. The summed E-state index contributed by atoms with van der Waals surface area (Å²) in [5, 5.41) is 18.1. The summed E-state index contributed by atoms with van der Waals surface area (Å²) in [6.07, 6.45) is 3.15. The Balaban J connectivity index is 1.93. The van der Waals surface area contributed by atoms with E-state index in [2.05, 4.69) is 0 Å². The normalized spacial score (nSPS) is 31.6. The first-order valence-corrected chi connectivity index (χ1v) is 6.18. The van der Waals surface area contributed by atoms with Crippen molar-refractivity contribution in [1.29, 1.82) is 0 Å². The van der Waals surface area contributed by atoms with E-state index in [9.17, 15) is 14.7 Å². The minimum Gasteiger partial charge on any atom is -0.481 e. The third kappa shape index (κ3) is 2.29. The lowest BCUT2D eigenvalue weighted by Gasteiger charge is -2.25. The first-order chi connectivity index (χ1) is 8.07. The molecule has 0 bridgehead atoms. The smallest absolute Gasteiger partial charge is 0.303 e. The molecule has 96 valence electrons. The molecule has 0 aromatic rings. The zero-order valence-electron chi connectivity index (χ0n) is 9.89. The van der Waals surface area contributed by atoms with Crippen molar-refractivity contribution in [2.24, 2.45) is 11.3 Å². The van der Waals surface area contributed by atoms with Gasteiger partial charge in [-0.25, -0.2) is 0 Å². The number of hydrogen-bond acceptors (Lipinski definition) is 3. The Morgan fingerprint density at radius 2 is 2.12 bits per heavy atom. The fourth-order valence-electron chi connectivity index (χ4n) is 3.23. The predicted octanol–water partition coefficient (Wildman–Crippen LogP) is 0.472. The van der Waals surface area contributed by atoms with E-state index in [0.717, 1.165) is 19.3 Å². The molecular formula is C12H19NO4. The Morgan fingerprint density at radius 1 is 1.35 bits per heavy atom. The van der Waals surface area contributed by atoms with Crippen molar-refractivity contribution in [3.05, 3.63) is 0 Å². The number of fused-ring (bicyclic) bond motifs is 1. The Bertz CT molecular complexity index is 330. The zero-order chi connectivity index (χ0) is 12.5. The maximum absolute atomic E-state index is 11.8. The molecule has 0 unspecified atom stereocenters. The van der Waals surface area contributed by atoms with Crippen molar-refractivity contribution in [3.8, 4) is 0 Å². The number of amides is 1. The van der Waals surface area contributed by atoms with Gasteiger partial charge in [-0.2, -0.15) is 0 Å². The quantitative estimate of drug-likeness (QED) is 0.750.